The molecular formula is C14H26N2O5. The van der Waals surface area contributed by atoms with E-state index in [0.717, 1.165) is 4.90 Å². The van der Waals surface area contributed by atoms with Gasteiger partial charge in [-0.25, -0.2) is 0 Å². The van der Waals surface area contributed by atoms with Gasteiger partial charge in [0.25, 0.3) is 0 Å². The molecule has 1 rings (SSSR count). The van der Waals surface area contributed by atoms with Crippen molar-refractivity contribution in [2.75, 3.05) is 33.4 Å². The average molecular weight is 302 g/mol. The van der Waals surface area contributed by atoms with Gasteiger partial charge in [-0.3, -0.25) is 14.5 Å². The molecule has 0 spiro atoms. The summed E-state index contributed by atoms with van der Waals surface area (Å²) in [5.74, 6) is -0.406. The topological polar surface area (TPSA) is 88.1 Å². The van der Waals surface area contributed by atoms with Crippen molar-refractivity contribution >= 4 is 11.8 Å². The molecule has 0 aromatic carbocycles. The molecule has 2 atom stereocenters. The van der Waals surface area contributed by atoms with Crippen LogP contribution in [0.25, 0.3) is 0 Å². The molecule has 1 saturated heterocycles. The fourth-order valence-electron chi connectivity index (χ4n) is 2.00. The number of amides is 2. The zero-order valence-corrected chi connectivity index (χ0v) is 13.0. The van der Waals surface area contributed by atoms with Crippen LogP contribution in [0.4, 0.5) is 0 Å². The van der Waals surface area contributed by atoms with Gasteiger partial charge in [0.2, 0.25) is 11.8 Å². The zero-order valence-electron chi connectivity index (χ0n) is 13.0. The van der Waals surface area contributed by atoms with Crippen LogP contribution in [-0.4, -0.2) is 73.5 Å². The minimum absolute atomic E-state index is 0.160. The van der Waals surface area contributed by atoms with E-state index in [1.807, 2.05) is 13.8 Å². The summed E-state index contributed by atoms with van der Waals surface area (Å²) in [6.45, 7) is 5.25. The van der Waals surface area contributed by atoms with Crippen molar-refractivity contribution in [2.24, 2.45) is 0 Å². The maximum absolute atomic E-state index is 11.8. The van der Waals surface area contributed by atoms with Crippen molar-refractivity contribution < 1.29 is 24.2 Å². The number of ether oxygens (including phenoxy) is 2. The number of hydrogen-bond donors (Lipinski definition) is 2. The number of imide groups is 1. The lowest BCUT2D eigenvalue weighted by Gasteiger charge is -2.28. The molecule has 0 radical (unpaired) electrons. The lowest BCUT2D eigenvalue weighted by molar-refractivity contribution is -0.148. The van der Waals surface area contributed by atoms with Crippen molar-refractivity contribution in [1.29, 1.82) is 0 Å². The molecule has 0 aromatic heterocycles. The standard InChI is InChI=1S/C14H26N2O5/c1-10(2)21-7-6-20-9-11(17)8-15-12-4-5-13(18)16(3)14(12)19/h10-12,15,17H,4-9H2,1-3H3. The highest BCUT2D eigenvalue weighted by Gasteiger charge is 2.31. The highest BCUT2D eigenvalue weighted by atomic mass is 16.5. The normalized spacial score (nSPS) is 21.2. The van der Waals surface area contributed by atoms with Gasteiger partial charge >= 0.3 is 0 Å². The van der Waals surface area contributed by atoms with Gasteiger partial charge in [0, 0.05) is 20.0 Å². The molecule has 7 nitrogen and oxygen atoms in total. The number of nitrogens with one attached hydrogen (secondary N) is 1. The van der Waals surface area contributed by atoms with Crippen LogP contribution in [0.5, 0.6) is 0 Å². The molecule has 1 aliphatic rings. The summed E-state index contributed by atoms with van der Waals surface area (Å²) in [7, 11) is 1.48. The van der Waals surface area contributed by atoms with Crippen LogP contribution in [0.2, 0.25) is 0 Å². The maximum atomic E-state index is 11.8. The smallest absolute Gasteiger partial charge is 0.246 e. The Morgan fingerprint density at radius 2 is 2.10 bits per heavy atom. The first-order chi connectivity index (χ1) is 9.91. The Labute approximate surface area is 125 Å². The van der Waals surface area contributed by atoms with E-state index in [4.69, 9.17) is 9.47 Å². The lowest BCUT2D eigenvalue weighted by Crippen LogP contribution is -2.53. The lowest BCUT2D eigenvalue weighted by atomic mass is 10.0. The fourth-order valence-corrected chi connectivity index (χ4v) is 2.00. The molecule has 21 heavy (non-hydrogen) atoms. The minimum Gasteiger partial charge on any atom is -0.389 e. The van der Waals surface area contributed by atoms with Crippen molar-refractivity contribution in [3.63, 3.8) is 0 Å². The molecule has 1 heterocycles. The molecule has 2 unspecified atom stereocenters. The van der Waals surface area contributed by atoms with E-state index in [-0.39, 0.29) is 31.1 Å². The molecule has 1 fully saturated rings. The Morgan fingerprint density at radius 1 is 1.38 bits per heavy atom. The SMILES string of the molecule is CC(C)OCCOCC(O)CNC1CCC(=O)N(C)C1=O. The molecule has 0 aliphatic carbocycles. The van der Waals surface area contributed by atoms with Gasteiger partial charge in [-0.05, 0) is 20.3 Å². The van der Waals surface area contributed by atoms with Crippen LogP contribution in [0.1, 0.15) is 26.7 Å². The van der Waals surface area contributed by atoms with E-state index in [1.165, 1.54) is 7.05 Å². The second-order valence-electron chi connectivity index (χ2n) is 5.44. The number of aliphatic hydroxyl groups excluding tert-OH is 1. The molecule has 0 bridgehead atoms. The summed E-state index contributed by atoms with van der Waals surface area (Å²) in [6, 6.07) is -0.411. The van der Waals surface area contributed by atoms with Crippen LogP contribution in [-0.2, 0) is 19.1 Å². The van der Waals surface area contributed by atoms with E-state index in [9.17, 15) is 14.7 Å². The van der Waals surface area contributed by atoms with Crippen LogP contribution >= 0.6 is 0 Å². The first kappa shape index (κ1) is 18.0. The van der Waals surface area contributed by atoms with E-state index in [2.05, 4.69) is 5.32 Å². The molecular weight excluding hydrogens is 276 g/mol. The average Bonchev–Trinajstić information content (AvgIpc) is 2.43. The number of carbonyl (C=O) groups is 2. The van der Waals surface area contributed by atoms with Gasteiger partial charge < -0.3 is 19.9 Å². The number of piperidine rings is 1. The van der Waals surface area contributed by atoms with Crippen molar-refractivity contribution in [3.05, 3.63) is 0 Å². The Hall–Kier alpha value is -1.02. The molecule has 0 aromatic rings. The summed E-state index contributed by atoms with van der Waals surface area (Å²) >= 11 is 0. The first-order valence-electron chi connectivity index (χ1n) is 7.33. The van der Waals surface area contributed by atoms with E-state index < -0.39 is 12.1 Å². The fraction of sp³-hybridized carbons (Fsp3) is 0.857. The quantitative estimate of drug-likeness (QED) is 0.442. The van der Waals surface area contributed by atoms with Crippen LogP contribution < -0.4 is 5.32 Å². The van der Waals surface area contributed by atoms with Crippen molar-refractivity contribution in [1.82, 2.24) is 10.2 Å². The summed E-state index contributed by atoms with van der Waals surface area (Å²) in [5, 5.41) is 12.7. The monoisotopic (exact) mass is 302 g/mol. The Morgan fingerprint density at radius 3 is 2.76 bits per heavy atom. The molecule has 1 aliphatic heterocycles. The summed E-state index contributed by atoms with van der Waals surface area (Å²) in [6.07, 6.45) is 0.286. The van der Waals surface area contributed by atoms with E-state index >= 15 is 0 Å². The predicted octanol–water partition coefficient (Wildman–Crippen LogP) is -0.474. The third-order valence-electron chi connectivity index (χ3n) is 3.24. The molecule has 7 heteroatoms. The molecule has 0 saturated carbocycles. The third-order valence-corrected chi connectivity index (χ3v) is 3.24. The van der Waals surface area contributed by atoms with E-state index in [0.29, 0.717) is 26.1 Å². The number of likely N-dealkylation sites (N-methyl/N-ethyl adjacent to an activating group) is 1. The van der Waals surface area contributed by atoms with E-state index in [1.54, 1.807) is 0 Å². The van der Waals surface area contributed by atoms with Gasteiger partial charge in [-0.15, -0.1) is 0 Å². The largest absolute Gasteiger partial charge is 0.389 e. The van der Waals surface area contributed by atoms with Crippen LogP contribution in [0.3, 0.4) is 0 Å². The Bertz CT molecular complexity index is 348. The third kappa shape index (κ3) is 6.52. The van der Waals surface area contributed by atoms with Crippen molar-refractivity contribution in [2.45, 2.75) is 44.9 Å². The van der Waals surface area contributed by atoms with Gasteiger partial charge in [0.1, 0.15) is 0 Å². The van der Waals surface area contributed by atoms with Crippen molar-refractivity contribution in [3.8, 4) is 0 Å². The summed E-state index contributed by atoms with van der Waals surface area (Å²) in [4.78, 5) is 24.3. The van der Waals surface area contributed by atoms with Gasteiger partial charge in [-0.2, -0.15) is 0 Å². The number of hydrogen-bond acceptors (Lipinski definition) is 6. The molecule has 2 amide bonds. The summed E-state index contributed by atoms with van der Waals surface area (Å²) in [5.41, 5.74) is 0. The minimum atomic E-state index is -0.695. The Balaban J connectivity index is 2.14. The number of aliphatic hydroxyl groups is 1. The zero-order chi connectivity index (χ0) is 15.8. The highest BCUT2D eigenvalue weighted by molar-refractivity contribution is 6.00. The number of likely N-dealkylation sites (tertiary alicyclic amines) is 1. The first-order valence-corrected chi connectivity index (χ1v) is 7.33. The number of carbonyl (C=O) groups excluding carboxylic acids is 2. The molecule has 2 N–H and O–H groups in total. The second kappa shape index (κ2) is 9.09. The second-order valence-corrected chi connectivity index (χ2v) is 5.44. The van der Waals surface area contributed by atoms with Gasteiger partial charge in [0.15, 0.2) is 0 Å². The predicted molar refractivity (Wildman–Crippen MR) is 76.7 cm³/mol. The molecule has 122 valence electrons. The maximum Gasteiger partial charge on any atom is 0.246 e. The highest BCUT2D eigenvalue weighted by Crippen LogP contribution is 2.11. The van der Waals surface area contributed by atoms with Gasteiger partial charge in [-0.1, -0.05) is 0 Å². The van der Waals surface area contributed by atoms with Gasteiger partial charge in [0.05, 0.1) is 38.1 Å². The van der Waals surface area contributed by atoms with Crippen LogP contribution in [0, 0.1) is 0 Å². The summed E-state index contributed by atoms with van der Waals surface area (Å²) < 4.78 is 10.6. The number of nitrogens with zero attached hydrogens (tertiary/aromatic N) is 1. The Kier molecular flexibility index (Phi) is 7.81. The number of rotatable bonds is 9. The van der Waals surface area contributed by atoms with Crippen LogP contribution in [0.15, 0.2) is 0 Å².